The smallest absolute Gasteiger partial charge is 0.0306 e. The molecule has 2 heteroatoms. The van der Waals surface area contributed by atoms with Crippen molar-refractivity contribution in [2.75, 3.05) is 6.54 Å². The molecule has 2 unspecified atom stereocenters. The second-order valence-electron chi connectivity index (χ2n) is 4.85. The molecule has 0 radical (unpaired) electrons. The Morgan fingerprint density at radius 2 is 1.79 bits per heavy atom. The second-order valence-corrected chi connectivity index (χ2v) is 4.85. The van der Waals surface area contributed by atoms with Gasteiger partial charge in [-0.2, -0.15) is 0 Å². The third kappa shape index (κ3) is 4.43. The van der Waals surface area contributed by atoms with Crippen LogP contribution < -0.4 is 11.1 Å². The fourth-order valence-electron chi connectivity index (χ4n) is 2.02. The lowest BCUT2D eigenvalue weighted by atomic mass is 9.84. The minimum absolute atomic E-state index is 0.156. The maximum Gasteiger partial charge on any atom is 0.0306 e. The van der Waals surface area contributed by atoms with Crippen molar-refractivity contribution in [3.05, 3.63) is 0 Å². The lowest BCUT2D eigenvalue weighted by Gasteiger charge is -2.37. The van der Waals surface area contributed by atoms with Crippen LogP contribution >= 0.6 is 0 Å². The third-order valence-corrected chi connectivity index (χ3v) is 3.10. The van der Waals surface area contributed by atoms with Crippen molar-refractivity contribution in [1.29, 1.82) is 0 Å². The normalized spacial score (nSPS) is 18.2. The summed E-state index contributed by atoms with van der Waals surface area (Å²) in [5.41, 5.74) is 6.06. The van der Waals surface area contributed by atoms with Crippen LogP contribution in [0.15, 0.2) is 0 Å². The summed E-state index contributed by atoms with van der Waals surface area (Å²) in [5.74, 6) is 0.754. The van der Waals surface area contributed by atoms with Gasteiger partial charge in [-0.3, -0.25) is 0 Å². The Labute approximate surface area is 89.6 Å². The van der Waals surface area contributed by atoms with E-state index in [2.05, 4.69) is 39.9 Å². The highest BCUT2D eigenvalue weighted by molar-refractivity contribution is 4.90. The average Bonchev–Trinajstić information content (AvgIpc) is 2.15. The van der Waals surface area contributed by atoms with Gasteiger partial charge in [0.05, 0.1) is 0 Å². The van der Waals surface area contributed by atoms with Crippen LogP contribution in [0.5, 0.6) is 0 Å². The van der Waals surface area contributed by atoms with Gasteiger partial charge in [0, 0.05) is 18.1 Å². The van der Waals surface area contributed by atoms with Gasteiger partial charge < -0.3 is 11.1 Å². The fourth-order valence-corrected chi connectivity index (χ4v) is 2.02. The molecule has 0 aliphatic rings. The maximum atomic E-state index is 5.91. The second kappa shape index (κ2) is 6.41. The molecule has 0 spiro atoms. The highest BCUT2D eigenvalue weighted by Crippen LogP contribution is 2.22. The van der Waals surface area contributed by atoms with Gasteiger partial charge in [-0.25, -0.2) is 0 Å². The van der Waals surface area contributed by atoms with Gasteiger partial charge in [0.2, 0.25) is 0 Å². The first-order chi connectivity index (χ1) is 6.49. The Kier molecular flexibility index (Phi) is 6.38. The van der Waals surface area contributed by atoms with E-state index in [0.29, 0.717) is 6.04 Å². The van der Waals surface area contributed by atoms with E-state index in [0.717, 1.165) is 18.9 Å². The van der Waals surface area contributed by atoms with E-state index in [4.69, 9.17) is 5.73 Å². The molecule has 3 N–H and O–H groups in total. The van der Waals surface area contributed by atoms with Gasteiger partial charge in [-0.1, -0.05) is 41.0 Å². The predicted molar refractivity (Wildman–Crippen MR) is 64.4 cm³/mol. The summed E-state index contributed by atoms with van der Waals surface area (Å²) in [6.45, 7) is 11.9. The van der Waals surface area contributed by atoms with E-state index in [9.17, 15) is 0 Å². The molecule has 0 aromatic rings. The number of nitrogens with two attached hydrogens (primary N) is 1. The lowest BCUT2D eigenvalue weighted by Crippen LogP contribution is -2.54. The molecule has 0 bridgehead atoms. The van der Waals surface area contributed by atoms with Crippen LogP contribution in [-0.4, -0.2) is 18.1 Å². The Morgan fingerprint density at radius 1 is 1.21 bits per heavy atom. The summed E-state index contributed by atoms with van der Waals surface area (Å²) in [7, 11) is 0. The summed E-state index contributed by atoms with van der Waals surface area (Å²) in [4.78, 5) is 0. The Hall–Kier alpha value is -0.0800. The van der Waals surface area contributed by atoms with Crippen molar-refractivity contribution in [1.82, 2.24) is 5.32 Å². The van der Waals surface area contributed by atoms with E-state index in [1.54, 1.807) is 0 Å². The summed E-state index contributed by atoms with van der Waals surface area (Å²) >= 11 is 0. The molecule has 0 heterocycles. The van der Waals surface area contributed by atoms with Crippen molar-refractivity contribution in [2.45, 2.75) is 65.5 Å². The Morgan fingerprint density at radius 3 is 2.07 bits per heavy atom. The van der Waals surface area contributed by atoms with Gasteiger partial charge in [0.15, 0.2) is 0 Å². The van der Waals surface area contributed by atoms with Crippen LogP contribution in [0.1, 0.15) is 53.9 Å². The van der Waals surface area contributed by atoms with Gasteiger partial charge in [0.25, 0.3) is 0 Å². The van der Waals surface area contributed by atoms with Crippen LogP contribution in [0.25, 0.3) is 0 Å². The molecular weight excluding hydrogens is 172 g/mol. The standard InChI is InChI=1S/C12H28N2/c1-6-11(5)8-12(7-2,9-13)14-10(3)4/h10-11,14H,6-9,13H2,1-5H3. The van der Waals surface area contributed by atoms with Crippen molar-refractivity contribution in [3.8, 4) is 0 Å². The van der Waals surface area contributed by atoms with Gasteiger partial charge in [-0.05, 0) is 18.8 Å². The zero-order valence-electron chi connectivity index (χ0n) is 10.6. The van der Waals surface area contributed by atoms with Crippen LogP contribution in [0.3, 0.4) is 0 Å². The molecule has 0 saturated heterocycles. The molecule has 0 aromatic heterocycles. The van der Waals surface area contributed by atoms with Crippen molar-refractivity contribution < 1.29 is 0 Å². The summed E-state index contributed by atoms with van der Waals surface area (Å²) in [5, 5.41) is 3.63. The number of nitrogens with one attached hydrogen (secondary N) is 1. The molecular formula is C12H28N2. The maximum absolute atomic E-state index is 5.91. The van der Waals surface area contributed by atoms with Crippen LogP contribution in [0.4, 0.5) is 0 Å². The first kappa shape index (κ1) is 13.9. The fraction of sp³-hybridized carbons (Fsp3) is 1.00. The van der Waals surface area contributed by atoms with Crippen molar-refractivity contribution in [3.63, 3.8) is 0 Å². The largest absolute Gasteiger partial charge is 0.329 e. The van der Waals surface area contributed by atoms with E-state index in [-0.39, 0.29) is 5.54 Å². The van der Waals surface area contributed by atoms with Crippen LogP contribution in [0.2, 0.25) is 0 Å². The van der Waals surface area contributed by atoms with E-state index in [1.165, 1.54) is 12.8 Å². The summed E-state index contributed by atoms with van der Waals surface area (Å²) in [6.07, 6.45) is 3.54. The third-order valence-electron chi connectivity index (χ3n) is 3.10. The molecule has 0 rings (SSSR count). The SMILES string of the molecule is CCC(C)CC(CC)(CN)NC(C)C. The Balaban J connectivity index is 4.36. The average molecular weight is 200 g/mol. The molecule has 2 atom stereocenters. The zero-order valence-corrected chi connectivity index (χ0v) is 10.6. The number of hydrogen-bond donors (Lipinski definition) is 2. The molecule has 0 aliphatic carbocycles. The van der Waals surface area contributed by atoms with Crippen LogP contribution in [0, 0.1) is 5.92 Å². The molecule has 2 nitrogen and oxygen atoms in total. The summed E-state index contributed by atoms with van der Waals surface area (Å²) < 4.78 is 0. The number of rotatable bonds is 7. The van der Waals surface area contributed by atoms with Crippen molar-refractivity contribution in [2.24, 2.45) is 11.7 Å². The van der Waals surface area contributed by atoms with Gasteiger partial charge in [0.1, 0.15) is 0 Å². The molecule has 0 aromatic carbocycles. The zero-order chi connectivity index (χ0) is 11.2. The molecule has 0 fully saturated rings. The minimum atomic E-state index is 0.156. The molecule has 0 amide bonds. The molecule has 86 valence electrons. The Bertz CT molecular complexity index is 139. The lowest BCUT2D eigenvalue weighted by molar-refractivity contribution is 0.237. The predicted octanol–water partition coefficient (Wildman–Crippen LogP) is 2.53. The van der Waals surface area contributed by atoms with Crippen LogP contribution in [-0.2, 0) is 0 Å². The highest BCUT2D eigenvalue weighted by Gasteiger charge is 2.28. The molecule has 0 aliphatic heterocycles. The van der Waals surface area contributed by atoms with Gasteiger partial charge in [-0.15, -0.1) is 0 Å². The molecule has 0 saturated carbocycles. The van der Waals surface area contributed by atoms with Crippen molar-refractivity contribution >= 4 is 0 Å². The topological polar surface area (TPSA) is 38.0 Å². The number of hydrogen-bond acceptors (Lipinski definition) is 2. The monoisotopic (exact) mass is 200 g/mol. The van der Waals surface area contributed by atoms with E-state index >= 15 is 0 Å². The van der Waals surface area contributed by atoms with Gasteiger partial charge >= 0.3 is 0 Å². The quantitative estimate of drug-likeness (QED) is 0.663. The summed E-state index contributed by atoms with van der Waals surface area (Å²) in [6, 6.07) is 0.516. The van der Waals surface area contributed by atoms with E-state index < -0.39 is 0 Å². The first-order valence-electron chi connectivity index (χ1n) is 5.97. The first-order valence-corrected chi connectivity index (χ1v) is 5.97. The highest BCUT2D eigenvalue weighted by atomic mass is 15.0. The minimum Gasteiger partial charge on any atom is -0.329 e. The molecule has 14 heavy (non-hydrogen) atoms. The van der Waals surface area contributed by atoms with E-state index in [1.807, 2.05) is 0 Å².